The van der Waals surface area contributed by atoms with Crippen LogP contribution in [0, 0.1) is 5.92 Å². The fourth-order valence-corrected chi connectivity index (χ4v) is 6.17. The Hall–Kier alpha value is -3.16. The van der Waals surface area contributed by atoms with Gasteiger partial charge >= 0.3 is 0 Å². The van der Waals surface area contributed by atoms with E-state index in [9.17, 15) is 18.0 Å². The second-order valence-corrected chi connectivity index (χ2v) is 11.7. The van der Waals surface area contributed by atoms with Gasteiger partial charge in [-0.05, 0) is 79.6 Å². The molecule has 2 amide bonds. The molecule has 0 atom stereocenters. The second-order valence-electron chi connectivity index (χ2n) is 9.39. The number of nitrogens with zero attached hydrogens (tertiary/aromatic N) is 1. The van der Waals surface area contributed by atoms with Crippen LogP contribution in [-0.4, -0.2) is 38.2 Å². The van der Waals surface area contributed by atoms with Crippen molar-refractivity contribution >= 4 is 38.9 Å². The summed E-state index contributed by atoms with van der Waals surface area (Å²) in [6.07, 6.45) is 3.66. The van der Waals surface area contributed by atoms with Crippen LogP contribution < -0.4 is 5.32 Å². The van der Waals surface area contributed by atoms with E-state index in [1.807, 2.05) is 30.0 Å². The van der Waals surface area contributed by atoms with Crippen molar-refractivity contribution < 1.29 is 18.0 Å². The van der Waals surface area contributed by atoms with Gasteiger partial charge in [-0.1, -0.05) is 48.9 Å². The summed E-state index contributed by atoms with van der Waals surface area (Å²) in [5.41, 5.74) is 1.76. The van der Waals surface area contributed by atoms with Crippen LogP contribution in [0.25, 0.3) is 0 Å². The lowest BCUT2D eigenvalue weighted by Gasteiger charge is -2.32. The predicted molar refractivity (Wildman–Crippen MR) is 146 cm³/mol. The summed E-state index contributed by atoms with van der Waals surface area (Å²) in [5.74, 6) is 0.0446. The van der Waals surface area contributed by atoms with Crippen molar-refractivity contribution in [1.82, 2.24) is 4.90 Å². The fourth-order valence-electron chi connectivity index (χ4n) is 4.65. The number of anilines is 1. The smallest absolute Gasteiger partial charge is 0.253 e. The van der Waals surface area contributed by atoms with Crippen LogP contribution in [-0.2, 0) is 21.1 Å². The lowest BCUT2D eigenvalue weighted by Crippen LogP contribution is -2.39. The molecule has 0 aromatic heterocycles. The van der Waals surface area contributed by atoms with Gasteiger partial charge in [-0.3, -0.25) is 9.59 Å². The Morgan fingerprint density at radius 3 is 2.30 bits per heavy atom. The molecule has 1 N–H and O–H groups in total. The lowest BCUT2D eigenvalue weighted by molar-refractivity contribution is -0.116. The van der Waals surface area contributed by atoms with E-state index in [-0.39, 0.29) is 33.7 Å². The van der Waals surface area contributed by atoms with Crippen molar-refractivity contribution in [3.8, 4) is 0 Å². The number of likely N-dealkylation sites (tertiary alicyclic amines) is 1. The average Bonchev–Trinajstić information content (AvgIpc) is 2.89. The molecule has 0 bridgehead atoms. The molecule has 1 heterocycles. The van der Waals surface area contributed by atoms with Gasteiger partial charge in [-0.2, -0.15) is 0 Å². The van der Waals surface area contributed by atoms with Crippen LogP contribution in [0.15, 0.2) is 82.6 Å². The van der Waals surface area contributed by atoms with Crippen molar-refractivity contribution in [3.63, 3.8) is 0 Å². The quantitative estimate of drug-likeness (QED) is 0.381. The van der Waals surface area contributed by atoms with Gasteiger partial charge in [0.05, 0.1) is 15.5 Å². The molecule has 6 nitrogen and oxygen atoms in total. The number of halogens is 1. The van der Waals surface area contributed by atoms with Gasteiger partial charge < -0.3 is 10.2 Å². The van der Waals surface area contributed by atoms with Gasteiger partial charge in [0.25, 0.3) is 5.91 Å². The fraction of sp³-hybridized carbons (Fsp3) is 0.310. The molecule has 0 radical (unpaired) electrons. The topological polar surface area (TPSA) is 83.6 Å². The molecule has 194 valence electrons. The summed E-state index contributed by atoms with van der Waals surface area (Å²) in [6, 6.07) is 20.6. The van der Waals surface area contributed by atoms with E-state index >= 15 is 0 Å². The molecule has 0 unspecified atom stereocenters. The summed E-state index contributed by atoms with van der Waals surface area (Å²) in [4.78, 5) is 27.6. The van der Waals surface area contributed by atoms with E-state index in [4.69, 9.17) is 11.6 Å². The van der Waals surface area contributed by atoms with Gasteiger partial charge in [-0.15, -0.1) is 0 Å². The number of carbonyl (C=O) groups is 2. The Labute approximate surface area is 223 Å². The molecular formula is C29H31ClN2O4S. The number of rotatable bonds is 8. The molecule has 1 aliphatic rings. The summed E-state index contributed by atoms with van der Waals surface area (Å²) < 4.78 is 26.8. The van der Waals surface area contributed by atoms with Crippen LogP contribution in [0.3, 0.4) is 0 Å². The minimum atomic E-state index is -3.95. The van der Waals surface area contributed by atoms with Gasteiger partial charge in [0, 0.05) is 30.1 Å². The molecule has 0 spiro atoms. The van der Waals surface area contributed by atoms with E-state index < -0.39 is 9.84 Å². The number of sulfone groups is 1. The Balaban J connectivity index is 1.55. The van der Waals surface area contributed by atoms with Gasteiger partial charge in [-0.25, -0.2) is 8.42 Å². The molecule has 1 aliphatic heterocycles. The van der Waals surface area contributed by atoms with E-state index in [2.05, 4.69) is 17.4 Å². The Morgan fingerprint density at radius 1 is 0.973 bits per heavy atom. The molecule has 1 saturated heterocycles. The minimum Gasteiger partial charge on any atom is -0.339 e. The number of hydrogen-bond donors (Lipinski definition) is 1. The molecule has 0 saturated carbocycles. The maximum Gasteiger partial charge on any atom is 0.253 e. The molecule has 4 rings (SSSR count). The highest BCUT2D eigenvalue weighted by atomic mass is 35.5. The number of benzene rings is 3. The monoisotopic (exact) mass is 538 g/mol. The summed E-state index contributed by atoms with van der Waals surface area (Å²) in [5, 5.41) is 3.14. The average molecular weight is 539 g/mol. The molecule has 1 fully saturated rings. The van der Waals surface area contributed by atoms with E-state index in [0.29, 0.717) is 36.0 Å². The van der Waals surface area contributed by atoms with Gasteiger partial charge in [0.1, 0.15) is 0 Å². The van der Waals surface area contributed by atoms with Crippen molar-refractivity contribution in [2.75, 3.05) is 18.4 Å². The number of piperidine rings is 1. The van der Waals surface area contributed by atoms with Crippen LogP contribution >= 0.6 is 11.6 Å². The normalized spacial score (nSPS) is 14.4. The second kappa shape index (κ2) is 11.9. The van der Waals surface area contributed by atoms with Gasteiger partial charge in [0.2, 0.25) is 15.7 Å². The standard InChI is InChI=1S/C29H31ClN2O4S/c1-2-6-28(33)31-26-20-23(9-14-27(26)37(35,36)25-12-10-24(30)11-13-25)29(34)32-17-15-22(16-18-32)19-21-7-4-3-5-8-21/h3-5,7-14,20,22H,2,6,15-19H2,1H3,(H,31,33). The zero-order valence-corrected chi connectivity index (χ0v) is 22.4. The Morgan fingerprint density at radius 2 is 1.65 bits per heavy atom. The number of nitrogens with one attached hydrogen (secondary N) is 1. The highest BCUT2D eigenvalue weighted by Gasteiger charge is 2.27. The van der Waals surface area contributed by atoms with E-state index in [0.717, 1.165) is 19.3 Å². The highest BCUT2D eigenvalue weighted by Crippen LogP contribution is 2.31. The third-order valence-electron chi connectivity index (χ3n) is 6.66. The van der Waals surface area contributed by atoms with Crippen molar-refractivity contribution in [2.45, 2.75) is 48.8 Å². The largest absolute Gasteiger partial charge is 0.339 e. The summed E-state index contributed by atoms with van der Waals surface area (Å²) in [7, 11) is -3.95. The minimum absolute atomic E-state index is 0.0578. The van der Waals surface area contributed by atoms with Gasteiger partial charge in [0.15, 0.2) is 0 Å². The van der Waals surface area contributed by atoms with Crippen LogP contribution in [0.1, 0.15) is 48.5 Å². The zero-order chi connectivity index (χ0) is 26.4. The first-order chi connectivity index (χ1) is 17.8. The van der Waals surface area contributed by atoms with E-state index in [1.54, 1.807) is 0 Å². The first-order valence-corrected chi connectivity index (χ1v) is 14.4. The number of hydrogen-bond acceptors (Lipinski definition) is 4. The molecule has 8 heteroatoms. The molecule has 3 aromatic rings. The third kappa shape index (κ3) is 6.59. The van der Waals surface area contributed by atoms with E-state index in [1.165, 1.54) is 48.0 Å². The maximum atomic E-state index is 13.4. The van der Waals surface area contributed by atoms with Crippen molar-refractivity contribution in [2.24, 2.45) is 5.92 Å². The van der Waals surface area contributed by atoms with Crippen molar-refractivity contribution in [1.29, 1.82) is 0 Å². The molecule has 0 aliphatic carbocycles. The maximum absolute atomic E-state index is 13.4. The summed E-state index contributed by atoms with van der Waals surface area (Å²) in [6.45, 7) is 3.14. The molecule has 37 heavy (non-hydrogen) atoms. The van der Waals surface area contributed by atoms with Crippen LogP contribution in [0.4, 0.5) is 5.69 Å². The van der Waals surface area contributed by atoms with Crippen LogP contribution in [0.5, 0.6) is 0 Å². The number of amides is 2. The highest BCUT2D eigenvalue weighted by molar-refractivity contribution is 7.91. The third-order valence-corrected chi connectivity index (χ3v) is 8.74. The first kappa shape index (κ1) is 26.9. The Kier molecular flexibility index (Phi) is 8.67. The zero-order valence-electron chi connectivity index (χ0n) is 20.8. The molecular weight excluding hydrogens is 508 g/mol. The summed E-state index contributed by atoms with van der Waals surface area (Å²) >= 11 is 5.93. The first-order valence-electron chi connectivity index (χ1n) is 12.6. The Bertz CT molecular complexity index is 1350. The predicted octanol–water partition coefficient (Wildman–Crippen LogP) is 6.01. The van der Waals surface area contributed by atoms with Crippen molar-refractivity contribution in [3.05, 3.63) is 88.9 Å². The lowest BCUT2D eigenvalue weighted by atomic mass is 9.90. The molecule has 3 aromatic carbocycles. The SMILES string of the molecule is CCCC(=O)Nc1cc(C(=O)N2CCC(Cc3ccccc3)CC2)ccc1S(=O)(=O)c1ccc(Cl)cc1. The number of carbonyl (C=O) groups excluding carboxylic acids is 2. The van der Waals surface area contributed by atoms with Crippen LogP contribution in [0.2, 0.25) is 5.02 Å².